The molecule has 0 amide bonds. The molecular weight excluding hydrogens is 250 g/mol. The average molecular weight is 283 g/mol. The van der Waals surface area contributed by atoms with Crippen molar-refractivity contribution in [2.75, 3.05) is 19.8 Å². The molecule has 1 saturated carbocycles. The molecule has 118 valence electrons. The zero-order chi connectivity index (χ0) is 14.9. The van der Waals surface area contributed by atoms with Gasteiger partial charge in [-0.2, -0.15) is 0 Å². The van der Waals surface area contributed by atoms with Gasteiger partial charge in [-0.1, -0.05) is 27.2 Å². The summed E-state index contributed by atoms with van der Waals surface area (Å²) in [6.45, 7) is 9.12. The smallest absolute Gasteiger partial charge is 0.0717 e. The Labute approximate surface area is 124 Å². The molecular formula is C17H33NO2. The largest absolute Gasteiger partial charge is 0.389 e. The van der Waals surface area contributed by atoms with Gasteiger partial charge in [0.15, 0.2) is 0 Å². The van der Waals surface area contributed by atoms with E-state index in [1.807, 2.05) is 0 Å². The third-order valence-electron chi connectivity index (χ3n) is 6.66. The van der Waals surface area contributed by atoms with Gasteiger partial charge in [0.1, 0.15) is 0 Å². The third kappa shape index (κ3) is 2.77. The molecule has 0 radical (unpaired) electrons. The van der Waals surface area contributed by atoms with Crippen LogP contribution in [0.3, 0.4) is 0 Å². The fourth-order valence-electron chi connectivity index (χ4n) is 4.32. The van der Waals surface area contributed by atoms with E-state index >= 15 is 0 Å². The highest BCUT2D eigenvalue weighted by molar-refractivity contribution is 5.03. The molecule has 2 aliphatic rings. The van der Waals surface area contributed by atoms with Gasteiger partial charge in [0.2, 0.25) is 0 Å². The zero-order valence-corrected chi connectivity index (χ0v) is 13.6. The quantitative estimate of drug-likeness (QED) is 0.833. The summed E-state index contributed by atoms with van der Waals surface area (Å²) in [7, 11) is 0. The summed E-state index contributed by atoms with van der Waals surface area (Å²) in [5.41, 5.74) is 5.81. The summed E-state index contributed by atoms with van der Waals surface area (Å²) < 4.78 is 5.49. The molecule has 0 aromatic rings. The van der Waals surface area contributed by atoms with Gasteiger partial charge >= 0.3 is 0 Å². The highest BCUT2D eigenvalue weighted by Crippen LogP contribution is 2.52. The Hall–Kier alpha value is -0.120. The summed E-state index contributed by atoms with van der Waals surface area (Å²) in [4.78, 5) is 0. The van der Waals surface area contributed by atoms with Crippen LogP contribution in [0.1, 0.15) is 65.7 Å². The van der Waals surface area contributed by atoms with Crippen LogP contribution in [0.2, 0.25) is 0 Å². The Balaban J connectivity index is 2.06. The second kappa shape index (κ2) is 5.94. The fourth-order valence-corrected chi connectivity index (χ4v) is 4.32. The first kappa shape index (κ1) is 16.3. The van der Waals surface area contributed by atoms with Crippen molar-refractivity contribution in [2.45, 2.75) is 71.3 Å². The minimum Gasteiger partial charge on any atom is -0.389 e. The van der Waals surface area contributed by atoms with Crippen LogP contribution in [0, 0.1) is 16.7 Å². The number of nitrogens with two attached hydrogens (primary N) is 1. The number of hydrogen-bond acceptors (Lipinski definition) is 3. The van der Waals surface area contributed by atoms with Crippen molar-refractivity contribution in [2.24, 2.45) is 22.5 Å². The standard InChI is InChI=1S/C17H33NO2/c1-4-15(2,3)14-5-7-17(19,8-6-14)16(13-18)9-11-20-12-10-16/h14,19H,4-13,18H2,1-3H3. The van der Waals surface area contributed by atoms with Crippen molar-refractivity contribution < 1.29 is 9.84 Å². The summed E-state index contributed by atoms with van der Waals surface area (Å²) in [6, 6.07) is 0. The molecule has 0 bridgehead atoms. The van der Waals surface area contributed by atoms with Gasteiger partial charge < -0.3 is 15.6 Å². The number of rotatable bonds is 4. The van der Waals surface area contributed by atoms with Crippen molar-refractivity contribution in [3.63, 3.8) is 0 Å². The van der Waals surface area contributed by atoms with Gasteiger partial charge in [0.05, 0.1) is 5.60 Å². The predicted octanol–water partition coefficient (Wildman–Crippen LogP) is 3.10. The fraction of sp³-hybridized carbons (Fsp3) is 1.00. The molecule has 0 aromatic heterocycles. The Bertz CT molecular complexity index is 313. The zero-order valence-electron chi connectivity index (χ0n) is 13.6. The molecule has 2 rings (SSSR count). The van der Waals surface area contributed by atoms with E-state index in [9.17, 15) is 5.11 Å². The monoisotopic (exact) mass is 283 g/mol. The van der Waals surface area contributed by atoms with Crippen LogP contribution in [-0.4, -0.2) is 30.5 Å². The van der Waals surface area contributed by atoms with E-state index < -0.39 is 5.60 Å². The molecule has 0 atom stereocenters. The van der Waals surface area contributed by atoms with Crippen molar-refractivity contribution >= 4 is 0 Å². The first-order chi connectivity index (χ1) is 9.39. The highest BCUT2D eigenvalue weighted by Gasteiger charge is 2.52. The van der Waals surface area contributed by atoms with E-state index in [0.29, 0.717) is 12.0 Å². The van der Waals surface area contributed by atoms with Crippen LogP contribution in [0.15, 0.2) is 0 Å². The molecule has 20 heavy (non-hydrogen) atoms. The molecule has 1 aliphatic carbocycles. The lowest BCUT2D eigenvalue weighted by atomic mass is 9.57. The molecule has 1 heterocycles. The van der Waals surface area contributed by atoms with Crippen LogP contribution >= 0.6 is 0 Å². The summed E-state index contributed by atoms with van der Waals surface area (Å²) in [5, 5.41) is 11.3. The minimum atomic E-state index is -0.564. The van der Waals surface area contributed by atoms with E-state index in [2.05, 4.69) is 20.8 Å². The lowest BCUT2D eigenvalue weighted by molar-refractivity contribution is -0.156. The summed E-state index contributed by atoms with van der Waals surface area (Å²) in [6.07, 6.45) is 7.16. The molecule has 0 aromatic carbocycles. The SMILES string of the molecule is CCC(C)(C)C1CCC(O)(C2(CN)CCOCC2)CC1. The topological polar surface area (TPSA) is 55.5 Å². The maximum atomic E-state index is 11.3. The molecule has 1 aliphatic heterocycles. The lowest BCUT2D eigenvalue weighted by Gasteiger charge is -2.53. The summed E-state index contributed by atoms with van der Waals surface area (Å²) in [5.74, 6) is 0.738. The maximum absolute atomic E-state index is 11.3. The van der Waals surface area contributed by atoms with E-state index in [-0.39, 0.29) is 5.41 Å². The van der Waals surface area contributed by atoms with E-state index in [0.717, 1.165) is 57.7 Å². The predicted molar refractivity (Wildman–Crippen MR) is 82.5 cm³/mol. The van der Waals surface area contributed by atoms with Crippen LogP contribution in [-0.2, 0) is 4.74 Å². The van der Waals surface area contributed by atoms with Gasteiger partial charge in [0, 0.05) is 25.2 Å². The van der Waals surface area contributed by atoms with Crippen LogP contribution in [0.4, 0.5) is 0 Å². The van der Waals surface area contributed by atoms with Gasteiger partial charge in [-0.15, -0.1) is 0 Å². The first-order valence-corrected chi connectivity index (χ1v) is 8.39. The second-order valence-corrected chi connectivity index (χ2v) is 7.74. The van der Waals surface area contributed by atoms with Crippen LogP contribution < -0.4 is 5.73 Å². The number of aliphatic hydroxyl groups is 1. The summed E-state index contributed by atoms with van der Waals surface area (Å²) >= 11 is 0. The van der Waals surface area contributed by atoms with Crippen molar-refractivity contribution in [1.82, 2.24) is 0 Å². The maximum Gasteiger partial charge on any atom is 0.0717 e. The first-order valence-electron chi connectivity index (χ1n) is 8.39. The van der Waals surface area contributed by atoms with E-state index in [4.69, 9.17) is 10.5 Å². The second-order valence-electron chi connectivity index (χ2n) is 7.74. The van der Waals surface area contributed by atoms with Crippen LogP contribution in [0.25, 0.3) is 0 Å². The van der Waals surface area contributed by atoms with Crippen molar-refractivity contribution in [1.29, 1.82) is 0 Å². The molecule has 0 spiro atoms. The van der Waals surface area contributed by atoms with Crippen LogP contribution in [0.5, 0.6) is 0 Å². The molecule has 0 unspecified atom stereocenters. The van der Waals surface area contributed by atoms with Gasteiger partial charge in [0.25, 0.3) is 0 Å². The van der Waals surface area contributed by atoms with E-state index in [1.54, 1.807) is 0 Å². The Morgan fingerprint density at radius 2 is 1.70 bits per heavy atom. The minimum absolute atomic E-state index is 0.105. The third-order valence-corrected chi connectivity index (χ3v) is 6.66. The van der Waals surface area contributed by atoms with Crippen molar-refractivity contribution in [3.05, 3.63) is 0 Å². The Kier molecular flexibility index (Phi) is 4.83. The van der Waals surface area contributed by atoms with Crippen molar-refractivity contribution in [3.8, 4) is 0 Å². The number of ether oxygens (including phenoxy) is 1. The molecule has 2 fully saturated rings. The lowest BCUT2D eigenvalue weighted by Crippen LogP contribution is -2.57. The average Bonchev–Trinajstić information content (AvgIpc) is 2.48. The highest BCUT2D eigenvalue weighted by atomic mass is 16.5. The van der Waals surface area contributed by atoms with Gasteiger partial charge in [-0.05, 0) is 49.9 Å². The normalized spacial score (nSPS) is 35.0. The van der Waals surface area contributed by atoms with Gasteiger partial charge in [-0.3, -0.25) is 0 Å². The van der Waals surface area contributed by atoms with E-state index in [1.165, 1.54) is 6.42 Å². The molecule has 3 N–H and O–H groups in total. The molecule has 1 saturated heterocycles. The van der Waals surface area contributed by atoms with Gasteiger partial charge in [-0.25, -0.2) is 0 Å². The Morgan fingerprint density at radius 1 is 1.15 bits per heavy atom. The number of hydrogen-bond donors (Lipinski definition) is 2. The Morgan fingerprint density at radius 3 is 2.15 bits per heavy atom. The molecule has 3 heteroatoms. The molecule has 3 nitrogen and oxygen atoms in total.